The van der Waals surface area contributed by atoms with Crippen LogP contribution in [0.5, 0.6) is 5.88 Å². The summed E-state index contributed by atoms with van der Waals surface area (Å²) in [6.45, 7) is 6.21. The zero-order chi connectivity index (χ0) is 16.5. The molecule has 1 N–H and O–H groups in total. The lowest BCUT2D eigenvalue weighted by molar-refractivity contribution is 0.288. The van der Waals surface area contributed by atoms with Crippen LogP contribution in [0.25, 0.3) is 0 Å². The molecule has 134 valence electrons. The first-order valence-electron chi connectivity index (χ1n) is 8.33. The molecule has 6 heteroatoms. The first kappa shape index (κ1) is 20.7. The topological polar surface area (TPSA) is 49.8 Å². The molecular formula is C18H29IN4O. The Morgan fingerprint density at radius 3 is 2.88 bits per heavy atom. The van der Waals surface area contributed by atoms with Crippen molar-refractivity contribution in [3.05, 3.63) is 36.5 Å². The Kier molecular flexibility index (Phi) is 9.75. The van der Waals surface area contributed by atoms with Crippen molar-refractivity contribution >= 4 is 29.9 Å². The molecule has 5 nitrogen and oxygen atoms in total. The fraction of sp³-hybridized carbons (Fsp3) is 0.556. The summed E-state index contributed by atoms with van der Waals surface area (Å²) in [5.74, 6) is 2.35. The van der Waals surface area contributed by atoms with Gasteiger partial charge in [-0.2, -0.15) is 0 Å². The molecule has 24 heavy (non-hydrogen) atoms. The number of aliphatic imine (C=N–C) groups is 1. The highest BCUT2D eigenvalue weighted by atomic mass is 127. The number of halogens is 1. The summed E-state index contributed by atoms with van der Waals surface area (Å²) in [6.07, 6.45) is 8.49. The van der Waals surface area contributed by atoms with Gasteiger partial charge in [0.05, 0.1) is 6.61 Å². The number of guanidine groups is 1. The van der Waals surface area contributed by atoms with Crippen molar-refractivity contribution in [1.82, 2.24) is 15.2 Å². The Morgan fingerprint density at radius 2 is 2.29 bits per heavy atom. The number of aromatic nitrogens is 1. The maximum atomic E-state index is 5.65. The van der Waals surface area contributed by atoms with E-state index in [4.69, 9.17) is 4.74 Å². The molecule has 0 atom stereocenters. The predicted octanol–water partition coefficient (Wildman–Crippen LogP) is 3.46. The summed E-state index contributed by atoms with van der Waals surface area (Å²) in [5, 5.41) is 3.36. The summed E-state index contributed by atoms with van der Waals surface area (Å²) in [7, 11) is 3.85. The molecule has 0 saturated heterocycles. The summed E-state index contributed by atoms with van der Waals surface area (Å²) >= 11 is 0. The molecule has 0 unspecified atom stereocenters. The molecule has 1 fully saturated rings. The van der Waals surface area contributed by atoms with E-state index in [1.807, 2.05) is 31.5 Å². The van der Waals surface area contributed by atoms with Gasteiger partial charge in [0.15, 0.2) is 5.96 Å². The molecule has 0 spiro atoms. The fourth-order valence-corrected chi connectivity index (χ4v) is 2.23. The van der Waals surface area contributed by atoms with E-state index in [9.17, 15) is 0 Å². The maximum absolute atomic E-state index is 5.65. The van der Waals surface area contributed by atoms with Crippen molar-refractivity contribution in [3.8, 4) is 5.88 Å². The molecule has 0 bridgehead atoms. The van der Waals surface area contributed by atoms with Gasteiger partial charge in [-0.25, -0.2) is 4.98 Å². The smallest absolute Gasteiger partial charge is 0.213 e. The van der Waals surface area contributed by atoms with Gasteiger partial charge in [-0.3, -0.25) is 4.99 Å². The largest absolute Gasteiger partial charge is 0.477 e. The second-order valence-electron chi connectivity index (χ2n) is 6.01. The van der Waals surface area contributed by atoms with Crippen molar-refractivity contribution in [2.45, 2.75) is 32.2 Å². The molecule has 0 radical (unpaired) electrons. The van der Waals surface area contributed by atoms with Crippen LogP contribution < -0.4 is 10.1 Å². The lowest BCUT2D eigenvalue weighted by Gasteiger charge is -2.21. The Labute approximate surface area is 162 Å². The summed E-state index contributed by atoms with van der Waals surface area (Å²) in [6, 6.07) is 3.99. The second-order valence-corrected chi connectivity index (χ2v) is 6.01. The first-order valence-corrected chi connectivity index (χ1v) is 8.33. The third-order valence-electron chi connectivity index (χ3n) is 3.89. The Hall–Kier alpha value is -1.31. The normalized spacial score (nSPS) is 13.8. The standard InChI is InChI=1S/C18H28N4O.HI/c1-4-5-6-11-22(3)18(19-2)21-13-16-9-10-17(20-12-16)23-14-15-7-8-15;/h4,9-10,12,15H,1,5-8,11,13-14H2,2-3H3,(H,19,21);1H. The third kappa shape index (κ3) is 7.51. The molecule has 0 amide bonds. The number of pyridine rings is 1. The lowest BCUT2D eigenvalue weighted by atomic mass is 10.3. The molecular weight excluding hydrogens is 415 g/mol. The monoisotopic (exact) mass is 444 g/mol. The van der Waals surface area contributed by atoms with Gasteiger partial charge in [0, 0.05) is 39.4 Å². The zero-order valence-electron chi connectivity index (χ0n) is 14.7. The highest BCUT2D eigenvalue weighted by Crippen LogP contribution is 2.29. The minimum absolute atomic E-state index is 0. The number of allylic oxidation sites excluding steroid dienone is 1. The fourth-order valence-electron chi connectivity index (χ4n) is 2.23. The minimum atomic E-state index is 0. The predicted molar refractivity (Wildman–Crippen MR) is 110 cm³/mol. The number of hydrogen-bond acceptors (Lipinski definition) is 3. The van der Waals surface area contributed by atoms with Gasteiger partial charge in [-0.15, -0.1) is 30.6 Å². The first-order chi connectivity index (χ1) is 11.2. The number of ether oxygens (including phenoxy) is 1. The highest BCUT2D eigenvalue weighted by molar-refractivity contribution is 14.0. The molecule has 1 saturated carbocycles. The van der Waals surface area contributed by atoms with Gasteiger partial charge in [0.25, 0.3) is 0 Å². The van der Waals surface area contributed by atoms with Gasteiger partial charge in [0.1, 0.15) is 0 Å². The Morgan fingerprint density at radius 1 is 1.50 bits per heavy atom. The average Bonchev–Trinajstić information content (AvgIpc) is 3.39. The van der Waals surface area contributed by atoms with E-state index < -0.39 is 0 Å². The lowest BCUT2D eigenvalue weighted by Crippen LogP contribution is -2.38. The van der Waals surface area contributed by atoms with Crippen molar-refractivity contribution in [3.63, 3.8) is 0 Å². The zero-order valence-corrected chi connectivity index (χ0v) is 17.0. The van der Waals surface area contributed by atoms with E-state index in [1.54, 1.807) is 7.05 Å². The minimum Gasteiger partial charge on any atom is -0.477 e. The van der Waals surface area contributed by atoms with E-state index >= 15 is 0 Å². The van der Waals surface area contributed by atoms with Crippen LogP contribution in [-0.2, 0) is 6.54 Å². The van der Waals surface area contributed by atoms with Crippen molar-refractivity contribution in [1.29, 1.82) is 0 Å². The van der Waals surface area contributed by atoms with Crippen molar-refractivity contribution in [2.24, 2.45) is 10.9 Å². The number of rotatable bonds is 9. The SMILES string of the molecule is C=CCCCN(C)C(=NC)NCc1ccc(OCC2CC2)nc1.I. The van der Waals surface area contributed by atoms with Crippen LogP contribution >= 0.6 is 24.0 Å². The highest BCUT2D eigenvalue weighted by Gasteiger charge is 2.22. The molecule has 1 heterocycles. The molecule has 0 aromatic carbocycles. The van der Waals surface area contributed by atoms with E-state index in [-0.39, 0.29) is 24.0 Å². The van der Waals surface area contributed by atoms with E-state index in [0.29, 0.717) is 12.4 Å². The number of unbranched alkanes of at least 4 members (excludes halogenated alkanes) is 1. The van der Waals surface area contributed by atoms with Gasteiger partial charge < -0.3 is 15.0 Å². The summed E-state index contributed by atoms with van der Waals surface area (Å²) < 4.78 is 5.65. The van der Waals surface area contributed by atoms with Crippen LogP contribution in [0.2, 0.25) is 0 Å². The van der Waals surface area contributed by atoms with Gasteiger partial charge in [0.2, 0.25) is 5.88 Å². The van der Waals surface area contributed by atoms with Gasteiger partial charge in [-0.05, 0) is 37.2 Å². The second kappa shape index (κ2) is 11.3. The van der Waals surface area contributed by atoms with E-state index in [1.165, 1.54) is 12.8 Å². The van der Waals surface area contributed by atoms with Crippen LogP contribution in [0, 0.1) is 5.92 Å². The van der Waals surface area contributed by atoms with E-state index in [2.05, 4.69) is 26.8 Å². The molecule has 2 rings (SSSR count). The van der Waals surface area contributed by atoms with Crippen LogP contribution in [0.3, 0.4) is 0 Å². The van der Waals surface area contributed by atoms with Crippen LogP contribution in [-0.4, -0.2) is 43.1 Å². The molecule has 1 aromatic heterocycles. The number of nitrogens with zero attached hydrogens (tertiary/aromatic N) is 3. The molecule has 1 aliphatic carbocycles. The number of hydrogen-bond donors (Lipinski definition) is 1. The molecule has 0 aliphatic heterocycles. The van der Waals surface area contributed by atoms with Gasteiger partial charge in [-0.1, -0.05) is 12.1 Å². The van der Waals surface area contributed by atoms with E-state index in [0.717, 1.165) is 43.4 Å². The summed E-state index contributed by atoms with van der Waals surface area (Å²) in [4.78, 5) is 10.8. The summed E-state index contributed by atoms with van der Waals surface area (Å²) in [5.41, 5.74) is 1.12. The quantitative estimate of drug-likeness (QED) is 0.208. The third-order valence-corrected chi connectivity index (χ3v) is 3.89. The van der Waals surface area contributed by atoms with Crippen molar-refractivity contribution < 1.29 is 4.74 Å². The Bertz CT molecular complexity index is 514. The number of nitrogens with one attached hydrogen (secondary N) is 1. The van der Waals surface area contributed by atoms with Gasteiger partial charge >= 0.3 is 0 Å². The molecule has 1 aromatic rings. The van der Waals surface area contributed by atoms with Crippen LogP contribution in [0.4, 0.5) is 0 Å². The van der Waals surface area contributed by atoms with Crippen LogP contribution in [0.1, 0.15) is 31.2 Å². The van der Waals surface area contributed by atoms with Crippen LogP contribution in [0.15, 0.2) is 36.0 Å². The van der Waals surface area contributed by atoms with Crippen molar-refractivity contribution in [2.75, 3.05) is 27.2 Å². The average molecular weight is 444 g/mol. The Balaban J connectivity index is 0.00000288. The molecule has 1 aliphatic rings. The maximum Gasteiger partial charge on any atom is 0.213 e.